The topological polar surface area (TPSA) is 70.4 Å². The minimum Gasteiger partial charge on any atom is -0.468 e. The summed E-state index contributed by atoms with van der Waals surface area (Å²) in [6.45, 7) is 5.08. The van der Waals surface area contributed by atoms with Gasteiger partial charge < -0.3 is 9.47 Å². The lowest BCUT2D eigenvalue weighted by Gasteiger charge is -2.19. The Kier molecular flexibility index (Phi) is 6.97. The van der Waals surface area contributed by atoms with E-state index in [9.17, 15) is 14.0 Å². The fourth-order valence-corrected chi connectivity index (χ4v) is 6.29. The molecule has 2 aromatic heterocycles. The van der Waals surface area contributed by atoms with Gasteiger partial charge in [-0.2, -0.15) is 0 Å². The summed E-state index contributed by atoms with van der Waals surface area (Å²) in [6.07, 6.45) is 2.50. The number of carbonyl (C=O) groups is 1. The summed E-state index contributed by atoms with van der Waals surface area (Å²) in [5.74, 6) is -0.880. The zero-order valence-corrected chi connectivity index (χ0v) is 19.9. The Hall–Kier alpha value is -2.23. The van der Waals surface area contributed by atoms with E-state index in [4.69, 9.17) is 14.5 Å². The molecule has 170 valence electrons. The number of nitrogens with zero attached hydrogens (tertiary/aromatic N) is 2. The Morgan fingerprint density at radius 1 is 1.41 bits per heavy atom. The molecule has 6 nitrogen and oxygen atoms in total. The molecule has 0 aliphatic carbocycles. The molecule has 9 heteroatoms. The van der Waals surface area contributed by atoms with Gasteiger partial charge in [0.05, 0.1) is 25.1 Å². The summed E-state index contributed by atoms with van der Waals surface area (Å²) in [6, 6.07) is 5.71. The van der Waals surface area contributed by atoms with Gasteiger partial charge in [-0.1, -0.05) is 30.8 Å². The highest BCUT2D eigenvalue weighted by Gasteiger charge is 2.28. The number of esters is 1. The van der Waals surface area contributed by atoms with E-state index in [-0.39, 0.29) is 11.7 Å². The fraction of sp³-hybridized carbons (Fsp3) is 0.435. The largest absolute Gasteiger partial charge is 0.468 e. The Labute approximate surface area is 193 Å². The van der Waals surface area contributed by atoms with Crippen LogP contribution in [-0.2, 0) is 27.2 Å². The van der Waals surface area contributed by atoms with Crippen LogP contribution in [0.4, 0.5) is 4.39 Å². The molecular weight excluding hydrogens is 451 g/mol. The van der Waals surface area contributed by atoms with E-state index < -0.39 is 17.0 Å². The normalized spacial score (nSPS) is 17.1. The number of halogens is 1. The predicted molar refractivity (Wildman–Crippen MR) is 124 cm³/mol. The average Bonchev–Trinajstić information content (AvgIpc) is 3.41. The van der Waals surface area contributed by atoms with Gasteiger partial charge in [0, 0.05) is 11.5 Å². The molecule has 0 radical (unpaired) electrons. The third-order valence-electron chi connectivity index (χ3n) is 5.65. The SMILES string of the molecule is CCc1c(C)sc2nc(S[C@H](C(=O)OC)c3ccc(F)cc3)n(C[C@H]3CCCO3)c(=O)c12. The van der Waals surface area contributed by atoms with Gasteiger partial charge in [0.15, 0.2) is 5.16 Å². The maximum Gasteiger partial charge on any atom is 0.323 e. The van der Waals surface area contributed by atoms with Gasteiger partial charge in [-0.05, 0) is 49.4 Å². The van der Waals surface area contributed by atoms with Gasteiger partial charge in [0.1, 0.15) is 15.9 Å². The van der Waals surface area contributed by atoms with Gasteiger partial charge >= 0.3 is 5.97 Å². The molecule has 1 fully saturated rings. The van der Waals surface area contributed by atoms with Crippen molar-refractivity contribution >= 4 is 39.3 Å². The first kappa shape index (κ1) is 22.9. The van der Waals surface area contributed by atoms with Gasteiger partial charge in [-0.25, -0.2) is 9.37 Å². The van der Waals surface area contributed by atoms with E-state index in [1.54, 1.807) is 16.7 Å². The van der Waals surface area contributed by atoms with Crippen molar-refractivity contribution < 1.29 is 18.7 Å². The van der Waals surface area contributed by atoms with Crippen LogP contribution in [0.1, 0.15) is 41.0 Å². The summed E-state index contributed by atoms with van der Waals surface area (Å²) in [7, 11) is 1.31. The summed E-state index contributed by atoms with van der Waals surface area (Å²) < 4.78 is 25.9. The summed E-state index contributed by atoms with van der Waals surface area (Å²) >= 11 is 2.64. The number of aryl methyl sites for hydroxylation is 2. The minimum absolute atomic E-state index is 0.0708. The summed E-state index contributed by atoms with van der Waals surface area (Å²) in [4.78, 5) is 32.8. The highest BCUT2D eigenvalue weighted by Crippen LogP contribution is 2.37. The van der Waals surface area contributed by atoms with Crippen molar-refractivity contribution in [2.75, 3.05) is 13.7 Å². The average molecular weight is 477 g/mol. The number of thioether (sulfide) groups is 1. The number of carbonyl (C=O) groups excluding carboxylic acids is 1. The molecule has 0 N–H and O–H groups in total. The zero-order valence-electron chi connectivity index (χ0n) is 18.2. The molecular formula is C23H25FN2O4S2. The number of benzene rings is 1. The van der Waals surface area contributed by atoms with Gasteiger partial charge in [0.2, 0.25) is 0 Å². The third kappa shape index (κ3) is 4.46. The van der Waals surface area contributed by atoms with E-state index in [1.807, 2.05) is 13.8 Å². The first-order chi connectivity index (χ1) is 15.4. The van der Waals surface area contributed by atoms with Crippen LogP contribution in [0.15, 0.2) is 34.2 Å². The number of ether oxygens (including phenoxy) is 2. The highest BCUT2D eigenvalue weighted by molar-refractivity contribution is 8.00. The van der Waals surface area contributed by atoms with Crippen LogP contribution in [0.5, 0.6) is 0 Å². The Bertz CT molecular complexity index is 1180. The first-order valence-electron chi connectivity index (χ1n) is 10.6. The van der Waals surface area contributed by atoms with Crippen LogP contribution in [0, 0.1) is 12.7 Å². The number of hydrogen-bond donors (Lipinski definition) is 0. The van der Waals surface area contributed by atoms with Gasteiger partial charge in [-0.3, -0.25) is 14.2 Å². The Balaban J connectivity index is 1.84. The number of aromatic nitrogens is 2. The van der Waals surface area contributed by atoms with Crippen molar-refractivity contribution in [3.63, 3.8) is 0 Å². The van der Waals surface area contributed by atoms with Crippen LogP contribution < -0.4 is 5.56 Å². The predicted octanol–water partition coefficient (Wildman–Crippen LogP) is 4.65. The lowest BCUT2D eigenvalue weighted by Crippen LogP contribution is -2.29. The molecule has 3 aromatic rings. The molecule has 0 bridgehead atoms. The summed E-state index contributed by atoms with van der Waals surface area (Å²) in [5, 5.41) is 0.294. The van der Waals surface area contributed by atoms with Crippen LogP contribution >= 0.6 is 23.1 Å². The molecule has 0 amide bonds. The van der Waals surface area contributed by atoms with Gasteiger partial charge in [-0.15, -0.1) is 11.3 Å². The van der Waals surface area contributed by atoms with Crippen molar-refractivity contribution in [2.45, 2.75) is 56.2 Å². The van der Waals surface area contributed by atoms with E-state index in [1.165, 1.54) is 30.6 Å². The van der Waals surface area contributed by atoms with Crippen molar-refractivity contribution in [3.8, 4) is 0 Å². The van der Waals surface area contributed by atoms with E-state index in [2.05, 4.69) is 0 Å². The first-order valence-corrected chi connectivity index (χ1v) is 12.3. The second-order valence-electron chi connectivity index (χ2n) is 7.69. The monoisotopic (exact) mass is 476 g/mol. The third-order valence-corrected chi connectivity index (χ3v) is 7.92. The Morgan fingerprint density at radius 3 is 2.78 bits per heavy atom. The molecule has 1 aliphatic heterocycles. The summed E-state index contributed by atoms with van der Waals surface area (Å²) in [5.41, 5.74) is 1.48. The van der Waals surface area contributed by atoms with E-state index in [0.717, 1.165) is 41.5 Å². The number of thiophene rings is 1. The number of fused-ring (bicyclic) bond motifs is 1. The molecule has 0 saturated carbocycles. The van der Waals surface area contributed by atoms with E-state index in [0.29, 0.717) is 34.1 Å². The molecule has 1 aliphatic rings. The van der Waals surface area contributed by atoms with Crippen LogP contribution in [0.3, 0.4) is 0 Å². The van der Waals surface area contributed by atoms with Crippen molar-refractivity contribution in [1.82, 2.24) is 9.55 Å². The van der Waals surface area contributed by atoms with Crippen LogP contribution in [0.2, 0.25) is 0 Å². The molecule has 32 heavy (non-hydrogen) atoms. The van der Waals surface area contributed by atoms with Crippen molar-refractivity contribution in [1.29, 1.82) is 0 Å². The second kappa shape index (κ2) is 9.72. The number of rotatable bonds is 7. The quantitative estimate of drug-likeness (QED) is 0.281. The lowest BCUT2D eigenvalue weighted by molar-refractivity contribution is -0.140. The molecule has 0 spiro atoms. The fourth-order valence-electron chi connectivity index (χ4n) is 4.00. The smallest absolute Gasteiger partial charge is 0.323 e. The van der Waals surface area contributed by atoms with Crippen LogP contribution in [-0.4, -0.2) is 35.3 Å². The van der Waals surface area contributed by atoms with Crippen molar-refractivity contribution in [3.05, 3.63) is 56.4 Å². The highest BCUT2D eigenvalue weighted by atomic mass is 32.2. The molecule has 0 unspecified atom stereocenters. The zero-order chi connectivity index (χ0) is 22.8. The molecule has 3 heterocycles. The minimum atomic E-state index is -0.785. The molecule has 2 atom stereocenters. The maximum atomic E-state index is 13.6. The van der Waals surface area contributed by atoms with Gasteiger partial charge in [0.25, 0.3) is 5.56 Å². The molecule has 4 rings (SSSR count). The maximum absolute atomic E-state index is 13.6. The molecule has 1 saturated heterocycles. The Morgan fingerprint density at radius 2 is 2.16 bits per heavy atom. The molecule has 1 aromatic carbocycles. The number of hydrogen-bond acceptors (Lipinski definition) is 7. The lowest BCUT2D eigenvalue weighted by atomic mass is 10.1. The second-order valence-corrected chi connectivity index (χ2v) is 9.96. The number of methoxy groups -OCH3 is 1. The van der Waals surface area contributed by atoms with Crippen LogP contribution in [0.25, 0.3) is 10.2 Å². The van der Waals surface area contributed by atoms with E-state index >= 15 is 0 Å². The standard InChI is InChI=1S/C23H25FN2O4S2/c1-4-17-13(2)31-20-18(17)21(27)26(12-16-6-5-11-30-16)23(25-20)32-19(22(28)29-3)14-7-9-15(24)10-8-14/h7-10,16,19H,4-6,11-12H2,1-3H3/t16-,19+/m1/s1. The van der Waals surface area contributed by atoms with Crippen molar-refractivity contribution in [2.24, 2.45) is 0 Å².